The van der Waals surface area contributed by atoms with Crippen molar-refractivity contribution in [1.82, 2.24) is 10.2 Å². The topological polar surface area (TPSA) is 25.8 Å². The highest BCUT2D eigenvalue weighted by atomic mass is 19.1. The standard InChI is InChI=1S/C30H45FN2/c1-3-5-7-9-11-24-13-15-25(16-14-24)17-18-26-19-21-28(29(31)23-26)30-22-20-27(32-33-30)12-10-8-6-4-2/h19-25H,3-18H2,1-2H3. The minimum atomic E-state index is -0.173. The predicted octanol–water partition coefficient (Wildman–Crippen LogP) is 9.11. The van der Waals surface area contributed by atoms with Crippen molar-refractivity contribution in [1.29, 1.82) is 0 Å². The molecular formula is C30H45FN2. The molecule has 0 atom stereocenters. The van der Waals surface area contributed by atoms with Crippen LogP contribution < -0.4 is 0 Å². The third kappa shape index (κ3) is 8.83. The molecule has 1 aromatic carbocycles. The van der Waals surface area contributed by atoms with Crippen molar-refractivity contribution < 1.29 is 4.39 Å². The monoisotopic (exact) mass is 452 g/mol. The van der Waals surface area contributed by atoms with Gasteiger partial charge in [-0.1, -0.05) is 97.0 Å². The molecular weight excluding hydrogens is 407 g/mol. The maximum absolute atomic E-state index is 14.8. The highest BCUT2D eigenvalue weighted by Crippen LogP contribution is 2.34. The molecule has 1 heterocycles. The summed E-state index contributed by atoms with van der Waals surface area (Å²) in [5.41, 5.74) is 3.31. The first-order valence-electron chi connectivity index (χ1n) is 13.8. The Morgan fingerprint density at radius 1 is 0.727 bits per heavy atom. The Kier molecular flexibility index (Phi) is 11.3. The van der Waals surface area contributed by atoms with E-state index in [1.807, 2.05) is 18.2 Å². The normalized spacial score (nSPS) is 18.5. The van der Waals surface area contributed by atoms with Crippen molar-refractivity contribution >= 4 is 0 Å². The first-order chi connectivity index (χ1) is 16.2. The number of hydrogen-bond donors (Lipinski definition) is 0. The second-order valence-electron chi connectivity index (χ2n) is 10.3. The van der Waals surface area contributed by atoms with Gasteiger partial charge in [0.15, 0.2) is 0 Å². The van der Waals surface area contributed by atoms with Crippen molar-refractivity contribution in [3.63, 3.8) is 0 Å². The Labute approximate surface area is 201 Å². The zero-order valence-corrected chi connectivity index (χ0v) is 21.1. The summed E-state index contributed by atoms with van der Waals surface area (Å²) in [6.45, 7) is 4.50. The van der Waals surface area contributed by atoms with Gasteiger partial charge in [0.25, 0.3) is 0 Å². The van der Waals surface area contributed by atoms with E-state index in [-0.39, 0.29) is 5.82 Å². The summed E-state index contributed by atoms with van der Waals surface area (Å²) in [6, 6.07) is 9.61. The zero-order valence-electron chi connectivity index (χ0n) is 21.1. The quantitative estimate of drug-likeness (QED) is 0.267. The van der Waals surface area contributed by atoms with Gasteiger partial charge in [-0.2, -0.15) is 10.2 Å². The van der Waals surface area contributed by atoms with E-state index in [1.165, 1.54) is 83.5 Å². The predicted molar refractivity (Wildman–Crippen MR) is 138 cm³/mol. The highest BCUT2D eigenvalue weighted by molar-refractivity contribution is 5.59. The van der Waals surface area contributed by atoms with Gasteiger partial charge < -0.3 is 0 Å². The summed E-state index contributed by atoms with van der Waals surface area (Å²) in [5.74, 6) is 1.60. The van der Waals surface area contributed by atoms with Crippen molar-refractivity contribution in [2.45, 2.75) is 117 Å². The SMILES string of the molecule is CCCCCCc1ccc(-c2ccc(CCC3CCC(CCCCCC)CC3)cc2F)nn1. The maximum atomic E-state index is 14.8. The second-order valence-corrected chi connectivity index (χ2v) is 10.3. The molecule has 1 aliphatic carbocycles. The van der Waals surface area contributed by atoms with Gasteiger partial charge in [0.2, 0.25) is 0 Å². The summed E-state index contributed by atoms with van der Waals surface area (Å²) in [7, 11) is 0. The summed E-state index contributed by atoms with van der Waals surface area (Å²) in [4.78, 5) is 0. The summed E-state index contributed by atoms with van der Waals surface area (Å²) >= 11 is 0. The van der Waals surface area contributed by atoms with Crippen LogP contribution in [0.15, 0.2) is 30.3 Å². The fraction of sp³-hybridized carbons (Fsp3) is 0.667. The minimum absolute atomic E-state index is 0.173. The van der Waals surface area contributed by atoms with E-state index < -0.39 is 0 Å². The van der Waals surface area contributed by atoms with Crippen molar-refractivity contribution in [2.24, 2.45) is 11.8 Å². The van der Waals surface area contributed by atoms with Crippen LogP contribution in [-0.2, 0) is 12.8 Å². The molecule has 0 unspecified atom stereocenters. The lowest BCUT2D eigenvalue weighted by molar-refractivity contribution is 0.249. The van der Waals surface area contributed by atoms with E-state index in [1.54, 1.807) is 6.07 Å². The molecule has 1 saturated carbocycles. The fourth-order valence-corrected chi connectivity index (χ4v) is 5.33. The average molecular weight is 453 g/mol. The van der Waals surface area contributed by atoms with Crippen LogP contribution in [0.1, 0.15) is 115 Å². The zero-order chi connectivity index (χ0) is 23.3. The van der Waals surface area contributed by atoms with E-state index in [0.29, 0.717) is 11.3 Å². The average Bonchev–Trinajstić information content (AvgIpc) is 2.84. The van der Waals surface area contributed by atoms with Gasteiger partial charge >= 0.3 is 0 Å². The molecule has 0 amide bonds. The van der Waals surface area contributed by atoms with Crippen LogP contribution >= 0.6 is 0 Å². The summed E-state index contributed by atoms with van der Waals surface area (Å²) < 4.78 is 14.8. The van der Waals surface area contributed by atoms with Crippen LogP contribution in [0.2, 0.25) is 0 Å². The third-order valence-electron chi connectivity index (χ3n) is 7.59. The molecule has 1 fully saturated rings. The van der Waals surface area contributed by atoms with Gasteiger partial charge in [-0.15, -0.1) is 0 Å². The van der Waals surface area contributed by atoms with E-state index in [4.69, 9.17) is 0 Å². The van der Waals surface area contributed by atoms with E-state index >= 15 is 0 Å². The van der Waals surface area contributed by atoms with Crippen LogP contribution in [0, 0.1) is 17.7 Å². The maximum Gasteiger partial charge on any atom is 0.132 e. The van der Waals surface area contributed by atoms with Gasteiger partial charge in [-0.05, 0) is 67.3 Å². The molecule has 182 valence electrons. The molecule has 3 heteroatoms. The number of halogens is 1. The Balaban J connectivity index is 1.42. The van der Waals surface area contributed by atoms with E-state index in [2.05, 4.69) is 30.1 Å². The molecule has 2 nitrogen and oxygen atoms in total. The largest absolute Gasteiger partial charge is 0.206 e. The third-order valence-corrected chi connectivity index (χ3v) is 7.59. The van der Waals surface area contributed by atoms with E-state index in [0.717, 1.165) is 42.4 Å². The molecule has 1 aliphatic rings. The number of aromatic nitrogens is 2. The Bertz CT molecular complexity index is 793. The van der Waals surface area contributed by atoms with Crippen molar-refractivity contribution in [3.8, 4) is 11.3 Å². The fourth-order valence-electron chi connectivity index (χ4n) is 5.33. The highest BCUT2D eigenvalue weighted by Gasteiger charge is 2.21. The first kappa shape index (κ1) is 25.8. The van der Waals surface area contributed by atoms with Gasteiger partial charge in [0, 0.05) is 5.56 Å². The number of rotatable bonds is 14. The van der Waals surface area contributed by atoms with Crippen molar-refractivity contribution in [3.05, 3.63) is 47.4 Å². The smallest absolute Gasteiger partial charge is 0.132 e. The Morgan fingerprint density at radius 3 is 2.06 bits per heavy atom. The molecule has 33 heavy (non-hydrogen) atoms. The number of hydrogen-bond acceptors (Lipinski definition) is 2. The number of benzene rings is 1. The molecule has 1 aromatic heterocycles. The van der Waals surface area contributed by atoms with Gasteiger partial charge in [0.05, 0.1) is 11.4 Å². The lowest BCUT2D eigenvalue weighted by Crippen LogP contribution is -2.15. The minimum Gasteiger partial charge on any atom is -0.206 e. The summed E-state index contributed by atoms with van der Waals surface area (Å²) in [5, 5.41) is 8.64. The molecule has 0 bridgehead atoms. The first-order valence-corrected chi connectivity index (χ1v) is 13.8. The Hall–Kier alpha value is -1.77. The molecule has 0 aliphatic heterocycles. The molecule has 3 rings (SSSR count). The second kappa shape index (κ2) is 14.5. The number of unbranched alkanes of at least 4 members (excludes halogenated alkanes) is 6. The molecule has 0 saturated heterocycles. The van der Waals surface area contributed by atoms with Gasteiger partial charge in [-0.3, -0.25) is 0 Å². The number of aryl methyl sites for hydroxylation is 2. The molecule has 0 spiro atoms. The summed E-state index contributed by atoms with van der Waals surface area (Å²) in [6.07, 6.45) is 20.5. The lowest BCUT2D eigenvalue weighted by atomic mass is 9.77. The van der Waals surface area contributed by atoms with Crippen LogP contribution in [-0.4, -0.2) is 10.2 Å². The van der Waals surface area contributed by atoms with Crippen molar-refractivity contribution in [2.75, 3.05) is 0 Å². The molecule has 0 radical (unpaired) electrons. The molecule has 2 aromatic rings. The van der Waals surface area contributed by atoms with Gasteiger partial charge in [-0.25, -0.2) is 4.39 Å². The van der Waals surface area contributed by atoms with E-state index in [9.17, 15) is 4.39 Å². The Morgan fingerprint density at radius 2 is 1.42 bits per heavy atom. The number of nitrogens with zero attached hydrogens (tertiary/aromatic N) is 2. The van der Waals surface area contributed by atoms with Crippen LogP contribution in [0.3, 0.4) is 0 Å². The van der Waals surface area contributed by atoms with Crippen LogP contribution in [0.25, 0.3) is 11.3 Å². The van der Waals surface area contributed by atoms with Crippen LogP contribution in [0.4, 0.5) is 4.39 Å². The molecule has 0 N–H and O–H groups in total. The lowest BCUT2D eigenvalue weighted by Gasteiger charge is -2.28. The van der Waals surface area contributed by atoms with Gasteiger partial charge in [0.1, 0.15) is 5.82 Å². The van der Waals surface area contributed by atoms with Crippen LogP contribution in [0.5, 0.6) is 0 Å².